The number of fused-ring (bicyclic) bond motifs is 1. The Morgan fingerprint density at radius 2 is 1.96 bits per heavy atom. The zero-order chi connectivity index (χ0) is 17.5. The number of ether oxygens (including phenoxy) is 1. The second-order valence-electron chi connectivity index (χ2n) is 6.39. The minimum atomic E-state index is 0.752. The molecule has 0 saturated carbocycles. The molecule has 0 bridgehead atoms. The number of para-hydroxylation sites is 2. The van der Waals surface area contributed by atoms with E-state index >= 15 is 0 Å². The highest BCUT2D eigenvalue weighted by molar-refractivity contribution is 5.75. The molecule has 1 N–H and O–H groups in total. The van der Waals surface area contributed by atoms with Crippen molar-refractivity contribution in [2.75, 3.05) is 20.2 Å². The number of hydrogen-bond donors (Lipinski definition) is 1. The van der Waals surface area contributed by atoms with Gasteiger partial charge >= 0.3 is 0 Å². The minimum absolute atomic E-state index is 0.752. The van der Waals surface area contributed by atoms with Crippen LogP contribution < -0.4 is 10.1 Å². The molecule has 0 aliphatic carbocycles. The van der Waals surface area contributed by atoms with Crippen molar-refractivity contribution in [3.63, 3.8) is 0 Å². The van der Waals surface area contributed by atoms with Crippen LogP contribution in [0.2, 0.25) is 0 Å². The van der Waals surface area contributed by atoms with E-state index in [2.05, 4.69) is 53.2 Å². The van der Waals surface area contributed by atoms with E-state index in [-0.39, 0.29) is 0 Å². The lowest BCUT2D eigenvalue weighted by Crippen LogP contribution is -2.14. The zero-order valence-electron chi connectivity index (χ0n) is 15.2. The SMILES string of the molecule is CNCCc1nc2ccccc2n1CCCCOc1cccc(C)c1. The topological polar surface area (TPSA) is 39.1 Å². The van der Waals surface area contributed by atoms with Crippen LogP contribution in [0.1, 0.15) is 24.2 Å². The maximum absolute atomic E-state index is 5.85. The lowest BCUT2D eigenvalue weighted by Gasteiger charge is -2.10. The third kappa shape index (κ3) is 4.60. The number of likely N-dealkylation sites (N-methyl/N-ethyl adjacent to an activating group) is 1. The second kappa shape index (κ2) is 8.67. The van der Waals surface area contributed by atoms with Crippen LogP contribution in [0.4, 0.5) is 0 Å². The second-order valence-corrected chi connectivity index (χ2v) is 6.39. The molecule has 0 atom stereocenters. The molecular formula is C21H27N3O. The third-order valence-corrected chi connectivity index (χ3v) is 4.37. The monoisotopic (exact) mass is 337 g/mol. The molecule has 0 radical (unpaired) electrons. The van der Waals surface area contributed by atoms with E-state index in [1.807, 2.05) is 19.2 Å². The Bertz CT molecular complexity index is 810. The summed E-state index contributed by atoms with van der Waals surface area (Å²) in [5.74, 6) is 2.12. The summed E-state index contributed by atoms with van der Waals surface area (Å²) in [7, 11) is 1.98. The van der Waals surface area contributed by atoms with E-state index < -0.39 is 0 Å². The number of aromatic nitrogens is 2. The molecule has 1 aromatic heterocycles. The molecule has 3 aromatic rings. The maximum atomic E-state index is 5.85. The molecule has 0 unspecified atom stereocenters. The summed E-state index contributed by atoms with van der Waals surface area (Å²) in [4.78, 5) is 4.80. The number of nitrogens with one attached hydrogen (secondary N) is 1. The van der Waals surface area contributed by atoms with Crippen molar-refractivity contribution in [2.45, 2.75) is 32.7 Å². The number of rotatable bonds is 9. The van der Waals surface area contributed by atoms with Gasteiger partial charge in [0.05, 0.1) is 17.6 Å². The van der Waals surface area contributed by atoms with Gasteiger partial charge in [0.25, 0.3) is 0 Å². The fourth-order valence-electron chi connectivity index (χ4n) is 3.07. The van der Waals surface area contributed by atoms with Gasteiger partial charge in [-0.3, -0.25) is 0 Å². The predicted octanol–water partition coefficient (Wildman–Crippen LogP) is 3.97. The van der Waals surface area contributed by atoms with Gasteiger partial charge in [0.2, 0.25) is 0 Å². The molecule has 2 aromatic carbocycles. The van der Waals surface area contributed by atoms with E-state index in [0.717, 1.165) is 56.0 Å². The van der Waals surface area contributed by atoms with Crippen LogP contribution in [-0.4, -0.2) is 29.8 Å². The maximum Gasteiger partial charge on any atom is 0.119 e. The van der Waals surface area contributed by atoms with Crippen LogP contribution in [-0.2, 0) is 13.0 Å². The van der Waals surface area contributed by atoms with Crippen molar-refractivity contribution in [3.05, 3.63) is 59.9 Å². The molecule has 3 rings (SSSR count). The predicted molar refractivity (Wildman–Crippen MR) is 103 cm³/mol. The Morgan fingerprint density at radius 1 is 1.08 bits per heavy atom. The van der Waals surface area contributed by atoms with Gasteiger partial charge in [-0.2, -0.15) is 0 Å². The van der Waals surface area contributed by atoms with Crippen LogP contribution in [0.3, 0.4) is 0 Å². The fourth-order valence-corrected chi connectivity index (χ4v) is 3.07. The fraction of sp³-hybridized carbons (Fsp3) is 0.381. The Kier molecular flexibility index (Phi) is 6.07. The van der Waals surface area contributed by atoms with Crippen molar-refractivity contribution in [1.29, 1.82) is 0 Å². The molecule has 4 nitrogen and oxygen atoms in total. The first-order chi connectivity index (χ1) is 12.3. The summed E-state index contributed by atoms with van der Waals surface area (Å²) in [5.41, 5.74) is 3.55. The molecule has 25 heavy (non-hydrogen) atoms. The van der Waals surface area contributed by atoms with E-state index in [1.165, 1.54) is 11.1 Å². The number of nitrogens with zero attached hydrogens (tertiary/aromatic N) is 2. The number of benzene rings is 2. The van der Waals surface area contributed by atoms with E-state index in [9.17, 15) is 0 Å². The van der Waals surface area contributed by atoms with Crippen molar-refractivity contribution in [2.24, 2.45) is 0 Å². The molecule has 0 amide bonds. The summed E-state index contributed by atoms with van der Waals surface area (Å²) in [6.45, 7) is 4.77. The lowest BCUT2D eigenvalue weighted by atomic mass is 10.2. The van der Waals surface area contributed by atoms with Crippen molar-refractivity contribution in [3.8, 4) is 5.75 Å². The first-order valence-corrected chi connectivity index (χ1v) is 9.06. The number of unbranched alkanes of at least 4 members (excludes halogenated alkanes) is 1. The summed E-state index contributed by atoms with van der Waals surface area (Å²) in [5, 5.41) is 3.21. The molecular weight excluding hydrogens is 310 g/mol. The van der Waals surface area contributed by atoms with Crippen molar-refractivity contribution < 1.29 is 4.74 Å². The van der Waals surface area contributed by atoms with Gasteiger partial charge in [0.15, 0.2) is 0 Å². The first kappa shape index (κ1) is 17.5. The molecule has 0 aliphatic rings. The zero-order valence-corrected chi connectivity index (χ0v) is 15.2. The molecule has 1 heterocycles. The minimum Gasteiger partial charge on any atom is -0.494 e. The highest BCUT2D eigenvalue weighted by atomic mass is 16.5. The summed E-state index contributed by atoms with van der Waals surface area (Å²) in [6, 6.07) is 16.6. The Balaban J connectivity index is 1.56. The average molecular weight is 337 g/mol. The van der Waals surface area contributed by atoms with Gasteiger partial charge in [-0.05, 0) is 56.6 Å². The summed E-state index contributed by atoms with van der Waals surface area (Å²) in [6.07, 6.45) is 3.07. The molecule has 132 valence electrons. The van der Waals surface area contributed by atoms with Crippen LogP contribution in [0.15, 0.2) is 48.5 Å². The first-order valence-electron chi connectivity index (χ1n) is 9.06. The van der Waals surface area contributed by atoms with Gasteiger partial charge in [-0.1, -0.05) is 24.3 Å². The highest BCUT2D eigenvalue weighted by Crippen LogP contribution is 2.18. The van der Waals surface area contributed by atoms with Gasteiger partial charge in [-0.15, -0.1) is 0 Å². The Labute approximate surface area is 149 Å². The molecule has 0 aliphatic heterocycles. The molecule has 0 spiro atoms. The van der Waals surface area contributed by atoms with E-state index in [4.69, 9.17) is 9.72 Å². The number of aryl methyl sites for hydroxylation is 2. The van der Waals surface area contributed by atoms with Crippen molar-refractivity contribution in [1.82, 2.24) is 14.9 Å². The average Bonchev–Trinajstić information content (AvgIpc) is 2.97. The largest absolute Gasteiger partial charge is 0.494 e. The van der Waals surface area contributed by atoms with Crippen LogP contribution >= 0.6 is 0 Å². The molecule has 0 saturated heterocycles. The van der Waals surface area contributed by atoms with Gasteiger partial charge < -0.3 is 14.6 Å². The van der Waals surface area contributed by atoms with Gasteiger partial charge in [-0.25, -0.2) is 4.98 Å². The normalized spacial score (nSPS) is 11.1. The Hall–Kier alpha value is -2.33. The Morgan fingerprint density at radius 3 is 2.80 bits per heavy atom. The van der Waals surface area contributed by atoms with E-state index in [0.29, 0.717) is 0 Å². The van der Waals surface area contributed by atoms with E-state index in [1.54, 1.807) is 0 Å². The highest BCUT2D eigenvalue weighted by Gasteiger charge is 2.09. The molecule has 4 heteroatoms. The lowest BCUT2D eigenvalue weighted by molar-refractivity contribution is 0.303. The smallest absolute Gasteiger partial charge is 0.119 e. The number of hydrogen-bond acceptors (Lipinski definition) is 3. The molecule has 0 fully saturated rings. The van der Waals surface area contributed by atoms with Gasteiger partial charge in [0, 0.05) is 19.5 Å². The number of imidazole rings is 1. The van der Waals surface area contributed by atoms with Crippen LogP contribution in [0, 0.1) is 6.92 Å². The summed E-state index contributed by atoms with van der Waals surface area (Å²) >= 11 is 0. The van der Waals surface area contributed by atoms with Gasteiger partial charge in [0.1, 0.15) is 11.6 Å². The summed E-state index contributed by atoms with van der Waals surface area (Å²) < 4.78 is 8.21. The van der Waals surface area contributed by atoms with Crippen LogP contribution in [0.25, 0.3) is 11.0 Å². The van der Waals surface area contributed by atoms with Crippen LogP contribution in [0.5, 0.6) is 5.75 Å². The third-order valence-electron chi connectivity index (χ3n) is 4.37. The quantitative estimate of drug-likeness (QED) is 0.601. The standard InChI is InChI=1S/C21H27N3O/c1-17-8-7-9-18(16-17)25-15-6-5-14-24-20-11-4-3-10-19(20)23-21(24)12-13-22-2/h3-4,7-11,16,22H,5-6,12-15H2,1-2H3. The van der Waals surface area contributed by atoms with Crippen molar-refractivity contribution >= 4 is 11.0 Å².